The van der Waals surface area contributed by atoms with Crippen LogP contribution in [0.25, 0.3) is 0 Å². The molecule has 1 N–H and O–H groups in total. The number of hydrogen-bond acceptors (Lipinski definition) is 3. The van der Waals surface area contributed by atoms with Crippen LogP contribution in [-0.4, -0.2) is 43.2 Å². The van der Waals surface area contributed by atoms with Crippen molar-refractivity contribution >= 4 is 11.6 Å². The van der Waals surface area contributed by atoms with E-state index in [1.807, 2.05) is 17.0 Å². The molecule has 2 unspecified atom stereocenters. The van der Waals surface area contributed by atoms with Gasteiger partial charge in [-0.25, -0.2) is 0 Å². The van der Waals surface area contributed by atoms with Crippen molar-refractivity contribution in [2.75, 3.05) is 31.6 Å². The molecule has 0 aliphatic carbocycles. The number of amides is 1. The van der Waals surface area contributed by atoms with Crippen LogP contribution in [0.4, 0.5) is 5.69 Å². The number of benzene rings is 1. The van der Waals surface area contributed by atoms with Crippen LogP contribution in [0, 0.1) is 5.92 Å². The Bertz CT molecular complexity index is 469. The molecule has 1 saturated heterocycles. The van der Waals surface area contributed by atoms with Gasteiger partial charge in [-0.2, -0.15) is 0 Å². The third-order valence-electron chi connectivity index (χ3n) is 4.08. The second-order valence-corrected chi connectivity index (χ2v) is 5.34. The first kappa shape index (κ1) is 12.5. The van der Waals surface area contributed by atoms with Gasteiger partial charge in [0.05, 0.1) is 19.1 Å². The number of ether oxygens (including phenoxy) is 1. The van der Waals surface area contributed by atoms with Crippen LogP contribution in [0.5, 0.6) is 0 Å². The van der Waals surface area contributed by atoms with Gasteiger partial charge in [0.25, 0.3) is 0 Å². The second kappa shape index (κ2) is 5.21. The minimum atomic E-state index is 0.0352. The normalized spacial score (nSPS) is 26.5. The number of morpholine rings is 1. The lowest BCUT2D eigenvalue weighted by molar-refractivity contribution is -0.140. The monoisotopic (exact) mass is 260 g/mol. The first-order valence-corrected chi connectivity index (χ1v) is 6.96. The van der Waals surface area contributed by atoms with Crippen molar-refractivity contribution in [1.29, 1.82) is 0 Å². The second-order valence-electron chi connectivity index (χ2n) is 5.34. The number of para-hydroxylation sites is 1. The molecule has 0 aromatic heterocycles. The van der Waals surface area contributed by atoms with Crippen LogP contribution >= 0.6 is 0 Å². The van der Waals surface area contributed by atoms with Crippen molar-refractivity contribution in [3.63, 3.8) is 0 Å². The Balaban J connectivity index is 1.76. The topological polar surface area (TPSA) is 41.6 Å². The molecule has 102 valence electrons. The summed E-state index contributed by atoms with van der Waals surface area (Å²) in [7, 11) is 0. The van der Waals surface area contributed by atoms with E-state index < -0.39 is 0 Å². The molecule has 0 saturated carbocycles. The van der Waals surface area contributed by atoms with Crippen LogP contribution in [0.3, 0.4) is 0 Å². The minimum absolute atomic E-state index is 0.0352. The minimum Gasteiger partial charge on any atom is -0.382 e. The maximum atomic E-state index is 12.6. The molecule has 19 heavy (non-hydrogen) atoms. The third kappa shape index (κ3) is 2.45. The number of hydrogen-bond donors (Lipinski definition) is 1. The van der Waals surface area contributed by atoms with Gasteiger partial charge in [-0.05, 0) is 25.0 Å². The number of nitrogens with one attached hydrogen (secondary N) is 1. The molecule has 2 heterocycles. The summed E-state index contributed by atoms with van der Waals surface area (Å²) in [6.45, 7) is 4.88. The highest BCUT2D eigenvalue weighted by Gasteiger charge is 2.33. The van der Waals surface area contributed by atoms with E-state index in [2.05, 4.69) is 24.4 Å². The van der Waals surface area contributed by atoms with E-state index in [9.17, 15) is 4.79 Å². The summed E-state index contributed by atoms with van der Waals surface area (Å²) in [6, 6.07) is 8.44. The fourth-order valence-electron chi connectivity index (χ4n) is 2.92. The Morgan fingerprint density at radius 3 is 2.84 bits per heavy atom. The van der Waals surface area contributed by atoms with Crippen LogP contribution in [0.1, 0.15) is 12.5 Å². The highest BCUT2D eigenvalue weighted by Crippen LogP contribution is 2.29. The predicted octanol–water partition coefficient (Wildman–Crippen LogP) is 1.52. The number of nitrogens with zero attached hydrogens (tertiary/aromatic N) is 1. The van der Waals surface area contributed by atoms with Crippen molar-refractivity contribution in [2.45, 2.75) is 19.4 Å². The lowest BCUT2D eigenvalue weighted by Gasteiger charge is -2.36. The van der Waals surface area contributed by atoms with E-state index in [0.717, 1.165) is 19.5 Å². The molecule has 3 rings (SSSR count). The molecule has 4 heteroatoms. The zero-order valence-electron chi connectivity index (χ0n) is 11.3. The van der Waals surface area contributed by atoms with Gasteiger partial charge in [-0.15, -0.1) is 0 Å². The molecule has 2 aliphatic rings. The van der Waals surface area contributed by atoms with Crippen molar-refractivity contribution in [2.24, 2.45) is 5.92 Å². The van der Waals surface area contributed by atoms with E-state index >= 15 is 0 Å². The molecule has 1 aromatic carbocycles. The lowest BCUT2D eigenvalue weighted by atomic mass is 9.87. The molecular weight excluding hydrogens is 240 g/mol. The summed E-state index contributed by atoms with van der Waals surface area (Å²) in [6.07, 6.45) is 0.834. The summed E-state index contributed by atoms with van der Waals surface area (Å²) in [5, 5.41) is 3.45. The van der Waals surface area contributed by atoms with E-state index in [-0.39, 0.29) is 17.9 Å². The van der Waals surface area contributed by atoms with Gasteiger partial charge in [-0.1, -0.05) is 18.2 Å². The molecule has 4 nitrogen and oxygen atoms in total. The van der Waals surface area contributed by atoms with E-state index in [1.54, 1.807) is 0 Å². The first-order valence-electron chi connectivity index (χ1n) is 6.96. The summed E-state index contributed by atoms with van der Waals surface area (Å²) in [5.41, 5.74) is 2.41. The van der Waals surface area contributed by atoms with Crippen molar-refractivity contribution in [3.05, 3.63) is 29.8 Å². The van der Waals surface area contributed by atoms with Gasteiger partial charge in [0.15, 0.2) is 0 Å². The maximum Gasteiger partial charge on any atom is 0.228 e. The smallest absolute Gasteiger partial charge is 0.228 e. The molecule has 0 spiro atoms. The number of carbonyl (C=O) groups excluding carboxylic acids is 1. The summed E-state index contributed by atoms with van der Waals surface area (Å²) < 4.78 is 5.31. The Labute approximate surface area is 113 Å². The zero-order valence-corrected chi connectivity index (χ0v) is 11.3. The van der Waals surface area contributed by atoms with Crippen molar-refractivity contribution in [1.82, 2.24) is 4.90 Å². The SMILES string of the molecule is CC1Nc2ccccc2CC1C(=O)N1CCOCC1. The van der Waals surface area contributed by atoms with Crippen molar-refractivity contribution < 1.29 is 9.53 Å². The lowest BCUT2D eigenvalue weighted by Crippen LogP contribution is -2.49. The molecule has 2 aliphatic heterocycles. The summed E-state index contributed by atoms with van der Waals surface area (Å²) >= 11 is 0. The highest BCUT2D eigenvalue weighted by atomic mass is 16.5. The number of fused-ring (bicyclic) bond motifs is 1. The fraction of sp³-hybridized carbons (Fsp3) is 0.533. The van der Waals surface area contributed by atoms with Gasteiger partial charge in [0.1, 0.15) is 0 Å². The van der Waals surface area contributed by atoms with Crippen LogP contribution in [-0.2, 0) is 16.0 Å². The molecule has 1 fully saturated rings. The van der Waals surface area contributed by atoms with Gasteiger partial charge in [0, 0.05) is 24.8 Å². The average molecular weight is 260 g/mol. The molecular formula is C15H20N2O2. The van der Waals surface area contributed by atoms with Gasteiger partial charge in [-0.3, -0.25) is 4.79 Å². The number of anilines is 1. The Morgan fingerprint density at radius 2 is 2.05 bits per heavy atom. The van der Waals surface area contributed by atoms with Crippen molar-refractivity contribution in [3.8, 4) is 0 Å². The Kier molecular flexibility index (Phi) is 3.42. The fourth-order valence-corrected chi connectivity index (χ4v) is 2.92. The van der Waals surface area contributed by atoms with E-state index in [4.69, 9.17) is 4.74 Å². The largest absolute Gasteiger partial charge is 0.382 e. The van der Waals surface area contributed by atoms with Gasteiger partial charge in [0.2, 0.25) is 5.91 Å². The van der Waals surface area contributed by atoms with Crippen LogP contribution in [0.2, 0.25) is 0 Å². The Hall–Kier alpha value is -1.55. The number of carbonyl (C=O) groups is 1. The first-order chi connectivity index (χ1) is 9.25. The van der Waals surface area contributed by atoms with Crippen LogP contribution < -0.4 is 5.32 Å². The maximum absolute atomic E-state index is 12.6. The molecule has 0 bridgehead atoms. The average Bonchev–Trinajstić information content (AvgIpc) is 2.47. The molecule has 0 radical (unpaired) electrons. The molecule has 2 atom stereocenters. The predicted molar refractivity (Wildman–Crippen MR) is 74.1 cm³/mol. The third-order valence-corrected chi connectivity index (χ3v) is 4.08. The standard InChI is InChI=1S/C15H20N2O2/c1-11-13(15(18)17-6-8-19-9-7-17)10-12-4-2-3-5-14(12)16-11/h2-5,11,13,16H,6-10H2,1H3. The number of rotatable bonds is 1. The zero-order chi connectivity index (χ0) is 13.2. The quantitative estimate of drug-likeness (QED) is 0.832. The summed E-state index contributed by atoms with van der Waals surface area (Å²) in [5.74, 6) is 0.297. The molecule has 1 amide bonds. The molecule has 1 aromatic rings. The van der Waals surface area contributed by atoms with E-state index in [0.29, 0.717) is 13.2 Å². The van der Waals surface area contributed by atoms with Crippen LogP contribution in [0.15, 0.2) is 24.3 Å². The Morgan fingerprint density at radius 1 is 1.32 bits per heavy atom. The van der Waals surface area contributed by atoms with E-state index in [1.165, 1.54) is 11.3 Å². The van der Waals surface area contributed by atoms with Gasteiger partial charge < -0.3 is 15.0 Å². The summed E-state index contributed by atoms with van der Waals surface area (Å²) in [4.78, 5) is 14.5. The highest BCUT2D eigenvalue weighted by molar-refractivity contribution is 5.81. The van der Waals surface area contributed by atoms with Gasteiger partial charge >= 0.3 is 0 Å².